The second-order valence-corrected chi connectivity index (χ2v) is 5.46. The maximum atomic E-state index is 13.5. The largest absolute Gasteiger partial charge is 0.382 e. The van der Waals surface area contributed by atoms with Crippen molar-refractivity contribution in [2.45, 2.75) is 26.7 Å². The quantitative estimate of drug-likeness (QED) is 0.872. The summed E-state index contributed by atoms with van der Waals surface area (Å²) >= 11 is 3.13. The van der Waals surface area contributed by atoms with Crippen molar-refractivity contribution >= 4 is 33.2 Å². The molecule has 1 heterocycles. The molecule has 0 saturated heterocycles. The van der Waals surface area contributed by atoms with Gasteiger partial charge in [-0.05, 0) is 34.8 Å². The van der Waals surface area contributed by atoms with E-state index in [1.165, 1.54) is 6.07 Å². The number of anilines is 2. The number of amides is 1. The average Bonchev–Trinajstić information content (AvgIpc) is 2.48. The van der Waals surface area contributed by atoms with Crippen LogP contribution in [0, 0.1) is 11.2 Å². The lowest BCUT2D eigenvalue weighted by molar-refractivity contribution is -0.125. The number of carbonyl (C=O) groups excluding carboxylic acids is 1. The molecule has 18 heavy (non-hydrogen) atoms. The van der Waals surface area contributed by atoms with E-state index in [-0.39, 0.29) is 11.7 Å². The minimum atomic E-state index is -0.429. The van der Waals surface area contributed by atoms with Gasteiger partial charge in [-0.25, -0.2) is 4.39 Å². The van der Waals surface area contributed by atoms with Gasteiger partial charge in [0.1, 0.15) is 5.82 Å². The molecule has 0 bridgehead atoms. The Balaban J connectivity index is 2.41. The molecule has 1 aliphatic rings. The number of hydrogen-bond acceptors (Lipinski definition) is 2. The van der Waals surface area contributed by atoms with Gasteiger partial charge < -0.3 is 10.6 Å². The van der Waals surface area contributed by atoms with E-state index in [0.717, 1.165) is 12.8 Å². The zero-order valence-corrected chi connectivity index (χ0v) is 12.0. The van der Waals surface area contributed by atoms with Gasteiger partial charge in [0.2, 0.25) is 5.91 Å². The lowest BCUT2D eigenvalue weighted by Crippen LogP contribution is -2.39. The Morgan fingerprint density at radius 1 is 1.33 bits per heavy atom. The molecule has 0 aromatic heterocycles. The van der Waals surface area contributed by atoms with E-state index < -0.39 is 5.41 Å². The smallest absolute Gasteiger partial charge is 0.232 e. The predicted molar refractivity (Wildman–Crippen MR) is 74.2 cm³/mol. The first-order valence-corrected chi connectivity index (χ1v) is 6.86. The van der Waals surface area contributed by atoms with E-state index in [1.807, 2.05) is 13.8 Å². The summed E-state index contributed by atoms with van der Waals surface area (Å²) in [6.45, 7) is 4.52. The fourth-order valence-corrected chi connectivity index (χ4v) is 2.56. The van der Waals surface area contributed by atoms with E-state index in [9.17, 15) is 9.18 Å². The molecule has 1 amide bonds. The Hall–Kier alpha value is -1.10. The summed E-state index contributed by atoms with van der Waals surface area (Å²) in [7, 11) is 0. The van der Waals surface area contributed by atoms with E-state index >= 15 is 0 Å². The third-order valence-electron chi connectivity index (χ3n) is 3.76. The summed E-state index contributed by atoms with van der Waals surface area (Å²) in [5.74, 6) is -0.340. The van der Waals surface area contributed by atoms with Crippen LogP contribution in [0.5, 0.6) is 0 Å². The summed E-state index contributed by atoms with van der Waals surface area (Å²) in [6.07, 6.45) is 1.50. The van der Waals surface area contributed by atoms with Gasteiger partial charge in [-0.15, -0.1) is 0 Å². The zero-order valence-electron chi connectivity index (χ0n) is 10.4. The topological polar surface area (TPSA) is 41.1 Å². The number of benzene rings is 1. The fraction of sp³-hybridized carbons (Fsp3) is 0.462. The molecule has 98 valence electrons. The minimum absolute atomic E-state index is 0.00254. The summed E-state index contributed by atoms with van der Waals surface area (Å²) in [5, 5.41) is 6.06. The third kappa shape index (κ3) is 2.11. The Bertz CT molecular complexity index is 486. The van der Waals surface area contributed by atoms with Crippen molar-refractivity contribution in [1.29, 1.82) is 0 Å². The van der Waals surface area contributed by atoms with Gasteiger partial charge in [0, 0.05) is 12.6 Å². The average molecular weight is 315 g/mol. The molecule has 0 saturated carbocycles. The number of hydrogen-bond donors (Lipinski definition) is 2. The highest BCUT2D eigenvalue weighted by Crippen LogP contribution is 2.36. The van der Waals surface area contributed by atoms with Crippen molar-refractivity contribution < 1.29 is 9.18 Å². The van der Waals surface area contributed by atoms with Gasteiger partial charge >= 0.3 is 0 Å². The Morgan fingerprint density at radius 3 is 2.61 bits per heavy atom. The molecule has 0 atom stereocenters. The highest BCUT2D eigenvalue weighted by molar-refractivity contribution is 9.10. The number of halogens is 2. The highest BCUT2D eigenvalue weighted by atomic mass is 79.9. The van der Waals surface area contributed by atoms with Crippen LogP contribution in [0.3, 0.4) is 0 Å². The molecule has 5 heteroatoms. The molecule has 0 fully saturated rings. The van der Waals surface area contributed by atoms with Crippen LogP contribution in [-0.2, 0) is 4.79 Å². The SMILES string of the molecule is CCC1(CC)CNc2cc(F)c(Br)cc2NC1=O. The predicted octanol–water partition coefficient (Wildman–Crippen LogP) is 3.76. The van der Waals surface area contributed by atoms with Crippen LogP contribution in [0.25, 0.3) is 0 Å². The van der Waals surface area contributed by atoms with Gasteiger partial charge in [-0.2, -0.15) is 0 Å². The van der Waals surface area contributed by atoms with Crippen LogP contribution >= 0.6 is 15.9 Å². The Kier molecular flexibility index (Phi) is 3.61. The third-order valence-corrected chi connectivity index (χ3v) is 4.37. The molecule has 1 aliphatic heterocycles. The summed E-state index contributed by atoms with van der Waals surface area (Å²) < 4.78 is 13.8. The van der Waals surface area contributed by atoms with Gasteiger partial charge in [-0.1, -0.05) is 13.8 Å². The van der Waals surface area contributed by atoms with Crippen LogP contribution in [0.1, 0.15) is 26.7 Å². The van der Waals surface area contributed by atoms with Crippen LogP contribution in [0.15, 0.2) is 16.6 Å². The molecule has 3 nitrogen and oxygen atoms in total. The molecule has 2 N–H and O–H groups in total. The lowest BCUT2D eigenvalue weighted by Gasteiger charge is -2.27. The van der Waals surface area contributed by atoms with Crippen LogP contribution < -0.4 is 10.6 Å². The molecule has 0 unspecified atom stereocenters. The number of rotatable bonds is 2. The first kappa shape index (κ1) is 13.3. The van der Waals surface area contributed by atoms with Crippen LogP contribution in [0.2, 0.25) is 0 Å². The second kappa shape index (κ2) is 4.88. The zero-order chi connectivity index (χ0) is 13.3. The fourth-order valence-electron chi connectivity index (χ4n) is 2.22. The van der Waals surface area contributed by atoms with Gasteiger partial charge in [-0.3, -0.25) is 4.79 Å². The monoisotopic (exact) mass is 314 g/mol. The van der Waals surface area contributed by atoms with Crippen molar-refractivity contribution in [1.82, 2.24) is 0 Å². The molecule has 1 aromatic carbocycles. The van der Waals surface area contributed by atoms with E-state index in [4.69, 9.17) is 0 Å². The Morgan fingerprint density at radius 2 is 2.00 bits per heavy atom. The second-order valence-electron chi connectivity index (χ2n) is 4.61. The summed E-state index contributed by atoms with van der Waals surface area (Å²) in [6, 6.07) is 3.00. The number of nitrogens with one attached hydrogen (secondary N) is 2. The first-order valence-electron chi connectivity index (χ1n) is 6.07. The van der Waals surface area contributed by atoms with Crippen molar-refractivity contribution in [2.24, 2.45) is 5.41 Å². The Labute approximate surface area is 114 Å². The normalized spacial score (nSPS) is 17.4. The molecular formula is C13H16BrFN2O. The first-order chi connectivity index (χ1) is 8.52. The van der Waals surface area contributed by atoms with Crippen molar-refractivity contribution in [3.63, 3.8) is 0 Å². The van der Waals surface area contributed by atoms with E-state index in [2.05, 4.69) is 26.6 Å². The van der Waals surface area contributed by atoms with E-state index in [0.29, 0.717) is 22.4 Å². The maximum absolute atomic E-state index is 13.5. The van der Waals surface area contributed by atoms with Crippen LogP contribution in [-0.4, -0.2) is 12.5 Å². The van der Waals surface area contributed by atoms with Crippen molar-refractivity contribution in [3.8, 4) is 0 Å². The molecule has 0 aliphatic carbocycles. The highest BCUT2D eigenvalue weighted by Gasteiger charge is 2.37. The molecule has 2 rings (SSSR count). The number of carbonyl (C=O) groups is 1. The molecule has 1 aromatic rings. The standard InChI is InChI=1S/C13H16BrFN2O/c1-3-13(4-2)7-16-10-6-9(15)8(14)5-11(10)17-12(13)18/h5-6,16H,3-4,7H2,1-2H3,(H,17,18). The summed E-state index contributed by atoms with van der Waals surface area (Å²) in [5.41, 5.74) is 0.826. The summed E-state index contributed by atoms with van der Waals surface area (Å²) in [4.78, 5) is 12.3. The lowest BCUT2D eigenvalue weighted by atomic mass is 9.81. The van der Waals surface area contributed by atoms with Crippen molar-refractivity contribution in [3.05, 3.63) is 22.4 Å². The van der Waals surface area contributed by atoms with Crippen LogP contribution in [0.4, 0.5) is 15.8 Å². The van der Waals surface area contributed by atoms with Gasteiger partial charge in [0.15, 0.2) is 0 Å². The molecule has 0 spiro atoms. The van der Waals surface area contributed by atoms with E-state index in [1.54, 1.807) is 6.07 Å². The van der Waals surface area contributed by atoms with Gasteiger partial charge in [0.25, 0.3) is 0 Å². The molecular weight excluding hydrogens is 299 g/mol. The van der Waals surface area contributed by atoms with Gasteiger partial charge in [0.05, 0.1) is 21.3 Å². The molecule has 0 radical (unpaired) electrons. The maximum Gasteiger partial charge on any atom is 0.232 e. The minimum Gasteiger partial charge on any atom is -0.382 e. The number of fused-ring (bicyclic) bond motifs is 1. The van der Waals surface area contributed by atoms with Crippen molar-refractivity contribution in [2.75, 3.05) is 17.2 Å².